The van der Waals surface area contributed by atoms with Crippen LogP contribution in [0.2, 0.25) is 0 Å². The van der Waals surface area contributed by atoms with E-state index in [9.17, 15) is 22.0 Å². The minimum Gasteiger partial charge on any atom is -0.323 e. The van der Waals surface area contributed by atoms with Crippen molar-refractivity contribution in [3.63, 3.8) is 0 Å². The third kappa shape index (κ3) is 1.92. The molecule has 2 nitrogen and oxygen atoms in total. The first-order chi connectivity index (χ1) is 6.36. The van der Waals surface area contributed by atoms with Crippen LogP contribution in [0.25, 0.3) is 0 Å². The lowest BCUT2D eigenvalue weighted by molar-refractivity contribution is -0.137. The normalized spacial score (nSPS) is 11.6. The van der Waals surface area contributed by atoms with Crippen LogP contribution < -0.4 is 11.3 Å². The maximum Gasteiger partial charge on any atom is 0.418 e. The molecule has 0 aliphatic rings. The lowest BCUT2D eigenvalue weighted by Crippen LogP contribution is -2.15. The van der Waals surface area contributed by atoms with Crippen LogP contribution in [-0.2, 0) is 6.18 Å². The number of hydrogen-bond donors (Lipinski definition) is 2. The van der Waals surface area contributed by atoms with Crippen molar-refractivity contribution in [2.24, 2.45) is 5.84 Å². The summed E-state index contributed by atoms with van der Waals surface area (Å²) in [5.41, 5.74) is -0.416. The van der Waals surface area contributed by atoms with E-state index in [0.717, 1.165) is 0 Å². The second kappa shape index (κ2) is 3.41. The number of rotatable bonds is 1. The highest BCUT2D eigenvalue weighted by atomic mass is 19.4. The zero-order valence-electron chi connectivity index (χ0n) is 6.62. The number of hydrazine groups is 1. The van der Waals surface area contributed by atoms with Gasteiger partial charge in [-0.25, -0.2) is 8.78 Å². The van der Waals surface area contributed by atoms with Crippen molar-refractivity contribution in [2.75, 3.05) is 5.43 Å². The Morgan fingerprint density at radius 2 is 1.57 bits per heavy atom. The molecule has 0 bridgehead atoms. The minimum atomic E-state index is -4.78. The van der Waals surface area contributed by atoms with Gasteiger partial charge in [0.2, 0.25) is 0 Å². The molecule has 3 N–H and O–H groups in total. The summed E-state index contributed by atoms with van der Waals surface area (Å²) in [7, 11) is 0. The van der Waals surface area contributed by atoms with Gasteiger partial charge in [0, 0.05) is 6.07 Å². The molecule has 1 rings (SSSR count). The van der Waals surface area contributed by atoms with E-state index in [1.54, 1.807) is 5.43 Å². The predicted octanol–water partition coefficient (Wildman–Crippen LogP) is 2.27. The summed E-state index contributed by atoms with van der Waals surface area (Å²) in [6.07, 6.45) is -4.78. The van der Waals surface area contributed by atoms with Gasteiger partial charge in [0.25, 0.3) is 0 Å². The number of nitrogens with two attached hydrogens (primary N) is 1. The Kier molecular flexibility index (Phi) is 2.61. The summed E-state index contributed by atoms with van der Waals surface area (Å²) < 4.78 is 61.5. The van der Waals surface area contributed by atoms with E-state index < -0.39 is 29.1 Å². The quantitative estimate of drug-likeness (QED) is 0.425. The summed E-state index contributed by atoms with van der Waals surface area (Å²) in [5.74, 6) is 1.76. The molecule has 78 valence electrons. The SMILES string of the molecule is NNc1cc(F)c(F)cc1C(F)(F)F. The number of anilines is 1. The summed E-state index contributed by atoms with van der Waals surface area (Å²) in [5, 5.41) is 0. The van der Waals surface area contributed by atoms with E-state index in [1.807, 2.05) is 0 Å². The Balaban J connectivity index is 3.35. The van der Waals surface area contributed by atoms with Crippen molar-refractivity contribution in [2.45, 2.75) is 6.18 Å². The highest BCUT2D eigenvalue weighted by molar-refractivity contribution is 5.52. The van der Waals surface area contributed by atoms with Gasteiger partial charge in [-0.1, -0.05) is 0 Å². The summed E-state index contributed by atoms with van der Waals surface area (Å²) >= 11 is 0. The first-order valence-electron chi connectivity index (χ1n) is 3.39. The van der Waals surface area contributed by atoms with Gasteiger partial charge in [0.05, 0.1) is 11.3 Å². The fourth-order valence-corrected chi connectivity index (χ4v) is 0.901. The molecule has 0 atom stereocenters. The van der Waals surface area contributed by atoms with Crippen molar-refractivity contribution < 1.29 is 22.0 Å². The number of nitrogen functional groups attached to an aromatic ring is 1. The van der Waals surface area contributed by atoms with E-state index in [-0.39, 0.29) is 6.07 Å². The monoisotopic (exact) mass is 212 g/mol. The first kappa shape index (κ1) is 10.7. The Morgan fingerprint density at radius 3 is 2.00 bits per heavy atom. The van der Waals surface area contributed by atoms with Gasteiger partial charge in [-0.3, -0.25) is 5.84 Å². The summed E-state index contributed by atoms with van der Waals surface area (Å²) in [4.78, 5) is 0. The molecule has 0 spiro atoms. The average molecular weight is 212 g/mol. The Morgan fingerprint density at radius 1 is 1.07 bits per heavy atom. The zero-order chi connectivity index (χ0) is 10.9. The van der Waals surface area contributed by atoms with Gasteiger partial charge in [0.1, 0.15) is 0 Å². The second-order valence-electron chi connectivity index (χ2n) is 2.45. The predicted molar refractivity (Wildman–Crippen MR) is 39.2 cm³/mol. The molecule has 0 fully saturated rings. The van der Waals surface area contributed by atoms with Gasteiger partial charge in [-0.15, -0.1) is 0 Å². The molecule has 14 heavy (non-hydrogen) atoms. The highest BCUT2D eigenvalue weighted by Crippen LogP contribution is 2.35. The van der Waals surface area contributed by atoms with Crippen molar-refractivity contribution in [1.29, 1.82) is 0 Å². The van der Waals surface area contributed by atoms with Crippen LogP contribution in [0.4, 0.5) is 27.6 Å². The van der Waals surface area contributed by atoms with Crippen LogP contribution in [0.1, 0.15) is 5.56 Å². The molecule has 0 saturated heterocycles. The topological polar surface area (TPSA) is 38.0 Å². The Hall–Kier alpha value is -1.37. The standard InChI is InChI=1S/C7H5F5N2/c8-4-1-3(7(10,11)12)6(14-13)2-5(4)9/h1-2,14H,13H2. The maximum absolute atomic E-state index is 12.5. The molecule has 1 aromatic carbocycles. The Labute approximate surface area is 75.5 Å². The zero-order valence-corrected chi connectivity index (χ0v) is 6.62. The third-order valence-electron chi connectivity index (χ3n) is 1.52. The molecule has 0 radical (unpaired) electrons. The average Bonchev–Trinajstić information content (AvgIpc) is 2.07. The number of hydrogen-bond acceptors (Lipinski definition) is 2. The number of nitrogens with one attached hydrogen (secondary N) is 1. The van der Waals surface area contributed by atoms with Gasteiger partial charge in [0.15, 0.2) is 11.6 Å². The van der Waals surface area contributed by atoms with E-state index in [0.29, 0.717) is 6.07 Å². The molecule has 0 heterocycles. The van der Waals surface area contributed by atoms with Crippen LogP contribution in [0.15, 0.2) is 12.1 Å². The van der Waals surface area contributed by atoms with Crippen LogP contribution >= 0.6 is 0 Å². The summed E-state index contributed by atoms with van der Waals surface area (Å²) in [6, 6.07) is 0.392. The van der Waals surface area contributed by atoms with Crippen LogP contribution in [0.3, 0.4) is 0 Å². The van der Waals surface area contributed by atoms with Crippen LogP contribution in [0.5, 0.6) is 0 Å². The minimum absolute atomic E-state index is 0.0462. The summed E-state index contributed by atoms with van der Waals surface area (Å²) in [6.45, 7) is 0. The lowest BCUT2D eigenvalue weighted by atomic mass is 10.1. The lowest BCUT2D eigenvalue weighted by Gasteiger charge is -2.12. The molecule has 0 aliphatic carbocycles. The van der Waals surface area contributed by atoms with Gasteiger partial charge >= 0.3 is 6.18 Å². The van der Waals surface area contributed by atoms with Crippen LogP contribution in [0, 0.1) is 11.6 Å². The number of benzene rings is 1. The fraction of sp³-hybridized carbons (Fsp3) is 0.143. The van der Waals surface area contributed by atoms with E-state index in [1.165, 1.54) is 0 Å². The number of halogens is 5. The van der Waals surface area contributed by atoms with E-state index in [4.69, 9.17) is 5.84 Å². The first-order valence-corrected chi connectivity index (χ1v) is 3.39. The van der Waals surface area contributed by atoms with E-state index in [2.05, 4.69) is 0 Å². The third-order valence-corrected chi connectivity index (χ3v) is 1.52. The van der Waals surface area contributed by atoms with Crippen molar-refractivity contribution in [3.05, 3.63) is 29.3 Å². The smallest absolute Gasteiger partial charge is 0.323 e. The highest BCUT2D eigenvalue weighted by Gasteiger charge is 2.34. The molecule has 0 aliphatic heterocycles. The second-order valence-corrected chi connectivity index (χ2v) is 2.45. The molecular weight excluding hydrogens is 207 g/mol. The molecule has 0 saturated carbocycles. The molecular formula is C7H5F5N2. The molecule has 7 heteroatoms. The molecule has 1 aromatic rings. The largest absolute Gasteiger partial charge is 0.418 e. The van der Waals surface area contributed by atoms with Gasteiger partial charge < -0.3 is 5.43 Å². The Bertz CT molecular complexity index is 347. The number of alkyl halides is 3. The van der Waals surface area contributed by atoms with Crippen LogP contribution in [-0.4, -0.2) is 0 Å². The molecule has 0 unspecified atom stereocenters. The fourth-order valence-electron chi connectivity index (χ4n) is 0.901. The van der Waals surface area contributed by atoms with Crippen molar-refractivity contribution in [1.82, 2.24) is 0 Å². The van der Waals surface area contributed by atoms with Crippen molar-refractivity contribution in [3.8, 4) is 0 Å². The van der Waals surface area contributed by atoms with Gasteiger partial charge in [-0.2, -0.15) is 13.2 Å². The van der Waals surface area contributed by atoms with E-state index >= 15 is 0 Å². The molecule has 0 amide bonds. The van der Waals surface area contributed by atoms with Gasteiger partial charge in [-0.05, 0) is 6.07 Å². The maximum atomic E-state index is 12.5. The molecule has 0 aromatic heterocycles. The van der Waals surface area contributed by atoms with Crippen molar-refractivity contribution >= 4 is 5.69 Å².